The van der Waals surface area contributed by atoms with Crippen molar-refractivity contribution >= 4 is 15.8 Å². The Morgan fingerprint density at radius 3 is 1.25 bits per heavy atom. The lowest BCUT2D eigenvalue weighted by Gasteiger charge is -2.35. The SMILES string of the molecule is CCCCCC(P(CCC)CCC)P(CCC)CCC. The molecule has 0 bridgehead atoms. The summed E-state index contributed by atoms with van der Waals surface area (Å²) in [7, 11) is 0.651. The zero-order chi connectivity index (χ0) is 15.2. The fourth-order valence-electron chi connectivity index (χ4n) is 3.14. The summed E-state index contributed by atoms with van der Waals surface area (Å²) >= 11 is 0. The predicted octanol–water partition coefficient (Wildman–Crippen LogP) is 7.50. The normalized spacial score (nSPS) is 12.0. The fourth-order valence-corrected chi connectivity index (χ4v) is 11.4. The largest absolute Gasteiger partial charge is 0.0991 e. The molecule has 0 atom stereocenters. The van der Waals surface area contributed by atoms with E-state index in [2.05, 4.69) is 34.6 Å². The van der Waals surface area contributed by atoms with Crippen LogP contribution in [-0.2, 0) is 0 Å². The zero-order valence-corrected chi connectivity index (χ0v) is 16.7. The average molecular weight is 318 g/mol. The minimum atomic E-state index is 0.325. The lowest BCUT2D eigenvalue weighted by atomic mass is 10.2. The number of hydrogen-bond acceptors (Lipinski definition) is 0. The molecule has 0 saturated carbocycles. The van der Waals surface area contributed by atoms with Gasteiger partial charge in [-0.2, -0.15) is 0 Å². The molecule has 122 valence electrons. The first-order valence-electron chi connectivity index (χ1n) is 9.23. The second-order valence-electron chi connectivity index (χ2n) is 6.05. The molecule has 0 saturated heterocycles. The van der Waals surface area contributed by atoms with E-state index < -0.39 is 0 Å². The van der Waals surface area contributed by atoms with E-state index in [1.165, 1.54) is 44.9 Å². The lowest BCUT2D eigenvalue weighted by Crippen LogP contribution is -2.12. The minimum Gasteiger partial charge on any atom is -0.0991 e. The molecule has 0 rings (SSSR count). The summed E-state index contributed by atoms with van der Waals surface area (Å²) in [6.45, 7) is 11.9. The Labute approximate surface area is 132 Å². The van der Waals surface area contributed by atoms with Gasteiger partial charge in [0.1, 0.15) is 0 Å². The van der Waals surface area contributed by atoms with Gasteiger partial charge in [0.05, 0.1) is 0 Å². The highest BCUT2D eigenvalue weighted by Gasteiger charge is 2.26. The summed E-state index contributed by atoms with van der Waals surface area (Å²) < 4.78 is 0. The van der Waals surface area contributed by atoms with Gasteiger partial charge in [-0.25, -0.2) is 0 Å². The summed E-state index contributed by atoms with van der Waals surface area (Å²) in [6, 6.07) is 0. The van der Waals surface area contributed by atoms with E-state index in [1.807, 2.05) is 0 Å². The smallest absolute Gasteiger partial charge is 0.000583 e. The summed E-state index contributed by atoms with van der Waals surface area (Å²) in [6.07, 6.45) is 17.7. The van der Waals surface area contributed by atoms with Crippen LogP contribution in [0.15, 0.2) is 0 Å². The summed E-state index contributed by atoms with van der Waals surface area (Å²) in [4.78, 5) is 0. The minimum absolute atomic E-state index is 0.325. The van der Waals surface area contributed by atoms with Crippen LogP contribution in [0.2, 0.25) is 0 Å². The molecule has 0 unspecified atom stereocenters. The van der Waals surface area contributed by atoms with Crippen molar-refractivity contribution in [3.8, 4) is 0 Å². The molecule has 0 aromatic heterocycles. The Balaban J connectivity index is 4.76. The molecule has 0 spiro atoms. The Morgan fingerprint density at radius 1 is 0.550 bits per heavy atom. The molecule has 0 nitrogen and oxygen atoms in total. The van der Waals surface area contributed by atoms with E-state index in [4.69, 9.17) is 0 Å². The van der Waals surface area contributed by atoms with Gasteiger partial charge in [0.25, 0.3) is 0 Å². The topological polar surface area (TPSA) is 0 Å². The average Bonchev–Trinajstić information content (AvgIpc) is 2.44. The van der Waals surface area contributed by atoms with Crippen molar-refractivity contribution in [1.29, 1.82) is 0 Å². The highest BCUT2D eigenvalue weighted by molar-refractivity contribution is 7.75. The Kier molecular flexibility index (Phi) is 15.4. The van der Waals surface area contributed by atoms with Crippen LogP contribution in [0.5, 0.6) is 0 Å². The van der Waals surface area contributed by atoms with E-state index in [1.54, 1.807) is 31.1 Å². The molecule has 0 aliphatic rings. The van der Waals surface area contributed by atoms with Crippen LogP contribution >= 0.6 is 15.8 Å². The van der Waals surface area contributed by atoms with Gasteiger partial charge in [0.2, 0.25) is 0 Å². The Bertz CT molecular complexity index is 166. The van der Waals surface area contributed by atoms with Gasteiger partial charge in [0, 0.05) is 0 Å². The van der Waals surface area contributed by atoms with Crippen molar-refractivity contribution in [2.45, 2.75) is 91.4 Å². The third kappa shape index (κ3) is 9.00. The van der Waals surface area contributed by atoms with Crippen LogP contribution in [0.4, 0.5) is 0 Å². The maximum absolute atomic E-state index is 2.40. The Hall–Kier alpha value is 0.860. The molecular formula is C18H40P2. The quantitative estimate of drug-likeness (QED) is 0.230. The van der Waals surface area contributed by atoms with Crippen molar-refractivity contribution in [3.05, 3.63) is 0 Å². The van der Waals surface area contributed by atoms with E-state index in [0.717, 1.165) is 5.40 Å². The summed E-state index contributed by atoms with van der Waals surface area (Å²) in [5.41, 5.74) is 0. The molecule has 0 amide bonds. The highest BCUT2D eigenvalue weighted by Crippen LogP contribution is 2.61. The number of rotatable bonds is 14. The van der Waals surface area contributed by atoms with Gasteiger partial charge in [-0.15, -0.1) is 0 Å². The molecular weight excluding hydrogens is 278 g/mol. The van der Waals surface area contributed by atoms with Crippen LogP contribution in [0, 0.1) is 0 Å². The van der Waals surface area contributed by atoms with Crippen molar-refractivity contribution in [1.82, 2.24) is 0 Å². The van der Waals surface area contributed by atoms with Gasteiger partial charge in [0.15, 0.2) is 0 Å². The maximum Gasteiger partial charge on any atom is -0.000583 e. The molecule has 0 radical (unpaired) electrons. The first kappa shape index (κ1) is 20.9. The molecule has 0 aromatic carbocycles. The van der Waals surface area contributed by atoms with Crippen LogP contribution in [0.3, 0.4) is 0 Å². The maximum atomic E-state index is 2.40. The molecule has 0 aliphatic heterocycles. The first-order valence-corrected chi connectivity index (χ1v) is 12.8. The number of hydrogen-bond donors (Lipinski definition) is 0. The van der Waals surface area contributed by atoms with Crippen molar-refractivity contribution in [2.75, 3.05) is 24.6 Å². The van der Waals surface area contributed by atoms with Crippen molar-refractivity contribution in [2.24, 2.45) is 0 Å². The van der Waals surface area contributed by atoms with E-state index in [0.29, 0.717) is 15.8 Å². The summed E-state index contributed by atoms with van der Waals surface area (Å²) in [5, 5.41) is 1.14. The highest BCUT2D eigenvalue weighted by atomic mass is 31.2. The second kappa shape index (κ2) is 14.8. The van der Waals surface area contributed by atoms with Gasteiger partial charge in [-0.3, -0.25) is 0 Å². The van der Waals surface area contributed by atoms with Crippen LogP contribution in [0.25, 0.3) is 0 Å². The van der Waals surface area contributed by atoms with E-state index in [9.17, 15) is 0 Å². The zero-order valence-electron chi connectivity index (χ0n) is 15.0. The van der Waals surface area contributed by atoms with Gasteiger partial charge < -0.3 is 0 Å². The summed E-state index contributed by atoms with van der Waals surface area (Å²) in [5.74, 6) is 0. The van der Waals surface area contributed by atoms with Crippen molar-refractivity contribution in [3.63, 3.8) is 0 Å². The lowest BCUT2D eigenvalue weighted by molar-refractivity contribution is 0.689. The molecule has 2 heteroatoms. The van der Waals surface area contributed by atoms with E-state index >= 15 is 0 Å². The molecule has 0 fully saturated rings. The van der Waals surface area contributed by atoms with Gasteiger partial charge >= 0.3 is 0 Å². The second-order valence-corrected chi connectivity index (χ2v) is 11.8. The van der Waals surface area contributed by atoms with Crippen LogP contribution < -0.4 is 0 Å². The van der Waals surface area contributed by atoms with Crippen LogP contribution in [0.1, 0.15) is 86.0 Å². The van der Waals surface area contributed by atoms with E-state index in [-0.39, 0.29) is 0 Å². The molecule has 20 heavy (non-hydrogen) atoms. The molecule has 0 N–H and O–H groups in total. The third-order valence-corrected chi connectivity index (χ3v) is 12.2. The molecule has 0 heterocycles. The van der Waals surface area contributed by atoms with Crippen LogP contribution in [-0.4, -0.2) is 30.0 Å². The Morgan fingerprint density at radius 2 is 0.950 bits per heavy atom. The third-order valence-electron chi connectivity index (χ3n) is 3.95. The first-order chi connectivity index (χ1) is 9.74. The van der Waals surface area contributed by atoms with Crippen molar-refractivity contribution < 1.29 is 0 Å². The van der Waals surface area contributed by atoms with Gasteiger partial charge in [-0.1, -0.05) is 95.4 Å². The monoisotopic (exact) mass is 318 g/mol. The van der Waals surface area contributed by atoms with Gasteiger partial charge in [-0.05, 0) is 36.5 Å². The molecule has 0 aliphatic carbocycles. The predicted molar refractivity (Wildman–Crippen MR) is 102 cm³/mol. The number of unbranched alkanes of at least 4 members (excludes halogenated alkanes) is 2. The standard InChI is InChI=1S/C18H40P2/c1-6-11-12-13-18(19(14-7-2)15-8-3)20(16-9-4)17-10-5/h18H,6-17H2,1-5H3. The molecule has 0 aromatic rings. The fraction of sp³-hybridized carbons (Fsp3) is 1.00.